The molecule has 0 spiro atoms. The van der Waals surface area contributed by atoms with Gasteiger partial charge in [0.25, 0.3) is 0 Å². The Morgan fingerprint density at radius 1 is 0.607 bits per heavy atom. The molecule has 320 valence electrons. The molecule has 11 nitrogen and oxygen atoms in total. The van der Waals surface area contributed by atoms with Gasteiger partial charge in [0.2, 0.25) is 5.91 Å². The fourth-order valence-electron chi connectivity index (χ4n) is 8.74. The summed E-state index contributed by atoms with van der Waals surface area (Å²) < 4.78 is 0. The van der Waals surface area contributed by atoms with E-state index in [-0.39, 0.29) is 17.7 Å². The zero-order valence-corrected chi connectivity index (χ0v) is 35.6. The monoisotopic (exact) mass is 822 g/mol. The van der Waals surface area contributed by atoms with E-state index < -0.39 is 5.97 Å². The number of anilines is 2. The maximum Gasteiger partial charge on any atom is 0.306 e. The summed E-state index contributed by atoms with van der Waals surface area (Å²) in [4.78, 5) is 32.8. The molecular weight excluding hydrogens is 761 g/mol. The summed E-state index contributed by atoms with van der Waals surface area (Å²) >= 11 is 0. The van der Waals surface area contributed by atoms with Crippen LogP contribution in [0.2, 0.25) is 0 Å². The van der Waals surface area contributed by atoms with Crippen molar-refractivity contribution in [2.24, 2.45) is 17.6 Å². The van der Waals surface area contributed by atoms with Crippen molar-refractivity contribution in [1.82, 2.24) is 15.1 Å². The van der Waals surface area contributed by atoms with Gasteiger partial charge in [-0.2, -0.15) is 10.5 Å². The maximum absolute atomic E-state index is 12.6. The van der Waals surface area contributed by atoms with E-state index in [1.807, 2.05) is 36.4 Å². The number of benzene rings is 4. The summed E-state index contributed by atoms with van der Waals surface area (Å²) in [5.41, 5.74) is 15.0. The molecule has 8 rings (SSSR count). The molecule has 2 saturated heterocycles. The number of nitriles is 2. The Bertz CT molecular complexity index is 2080. The van der Waals surface area contributed by atoms with Crippen LogP contribution < -0.4 is 20.9 Å². The van der Waals surface area contributed by atoms with Crippen LogP contribution in [-0.2, 0) is 35.5 Å². The summed E-state index contributed by atoms with van der Waals surface area (Å²) in [6.45, 7) is 11.5. The van der Waals surface area contributed by atoms with Crippen molar-refractivity contribution in [2.75, 3.05) is 75.2 Å². The van der Waals surface area contributed by atoms with E-state index in [9.17, 15) is 9.59 Å². The summed E-state index contributed by atoms with van der Waals surface area (Å²) in [5, 5.41) is 29.7. The lowest BCUT2D eigenvalue weighted by molar-refractivity contribution is -0.142. The highest BCUT2D eigenvalue weighted by Gasteiger charge is 2.26. The number of rotatable bonds is 11. The summed E-state index contributed by atoms with van der Waals surface area (Å²) in [7, 11) is 0. The molecule has 0 unspecified atom stereocenters. The van der Waals surface area contributed by atoms with E-state index in [4.69, 9.17) is 21.4 Å². The third kappa shape index (κ3) is 13.4. The Morgan fingerprint density at radius 3 is 1.46 bits per heavy atom. The van der Waals surface area contributed by atoms with E-state index in [1.165, 1.54) is 35.2 Å². The molecule has 0 radical (unpaired) electrons. The van der Waals surface area contributed by atoms with Crippen molar-refractivity contribution in [2.45, 2.75) is 64.5 Å². The third-order valence-electron chi connectivity index (χ3n) is 12.5. The molecule has 0 saturated carbocycles. The molecule has 0 aliphatic carbocycles. The van der Waals surface area contributed by atoms with Gasteiger partial charge in [-0.15, -0.1) is 0 Å². The zero-order valence-electron chi connectivity index (χ0n) is 35.6. The van der Waals surface area contributed by atoms with Crippen LogP contribution in [0.15, 0.2) is 97.1 Å². The van der Waals surface area contributed by atoms with Crippen LogP contribution in [-0.4, -0.2) is 92.2 Å². The number of nitrogens with two attached hydrogens (primary N) is 1. The first-order chi connectivity index (χ1) is 29.8. The standard InChI is InChI=1S/C25H30N4O.C13H14N2O2.C12H18N2/c26-18-20-6-8-24(9-7-20)29-16-11-22(12-17-29)25(30)27-13-3-14-28-15-10-21-4-1-2-5-23(21)19-28;14-9-10-1-3-12(4-2-10)15-7-5-11(6-8-15)13(16)17;13-7-3-8-14-9-6-11-4-1-2-5-12(11)10-14/h1-2,4-9,22H,3,10-17,19H2,(H,27,30);1-4,11H,5-8H2,(H,16,17);1-2,4-5H,3,6-10,13H2. The van der Waals surface area contributed by atoms with Gasteiger partial charge in [-0.1, -0.05) is 48.5 Å². The number of nitrogens with one attached hydrogen (secondary N) is 1. The van der Waals surface area contributed by atoms with Gasteiger partial charge in [0, 0.05) is 82.7 Å². The smallest absolute Gasteiger partial charge is 0.306 e. The van der Waals surface area contributed by atoms with E-state index in [1.54, 1.807) is 12.1 Å². The van der Waals surface area contributed by atoms with Crippen LogP contribution in [0, 0.1) is 34.5 Å². The molecule has 4 N–H and O–H groups in total. The first-order valence-electron chi connectivity index (χ1n) is 22.1. The van der Waals surface area contributed by atoms with Gasteiger partial charge in [0.1, 0.15) is 0 Å². The molecule has 0 bridgehead atoms. The van der Waals surface area contributed by atoms with Gasteiger partial charge < -0.3 is 26.0 Å². The number of aliphatic carboxylic acids is 1. The maximum atomic E-state index is 12.6. The number of nitrogens with zero attached hydrogens (tertiary/aromatic N) is 6. The highest BCUT2D eigenvalue weighted by molar-refractivity contribution is 5.79. The SMILES string of the molecule is N#Cc1ccc(N2CCC(C(=O)NCCCN3CCc4ccccc4C3)CC2)cc1.N#Cc1ccc(N2CCC(C(=O)O)CC2)cc1.NCCCN1CCc2ccccc2C1. The van der Waals surface area contributed by atoms with E-state index in [0.717, 1.165) is 115 Å². The van der Waals surface area contributed by atoms with Crippen molar-refractivity contribution < 1.29 is 14.7 Å². The van der Waals surface area contributed by atoms with Crippen molar-refractivity contribution in [3.8, 4) is 12.1 Å². The Labute approximate surface area is 362 Å². The van der Waals surface area contributed by atoms with E-state index in [0.29, 0.717) is 24.0 Å². The number of hydrogen-bond acceptors (Lipinski definition) is 9. The number of piperidine rings is 2. The minimum Gasteiger partial charge on any atom is -0.481 e. The number of carbonyl (C=O) groups excluding carboxylic acids is 1. The van der Waals surface area contributed by atoms with Crippen LogP contribution in [0.4, 0.5) is 11.4 Å². The van der Waals surface area contributed by atoms with E-state index >= 15 is 0 Å². The first-order valence-corrected chi connectivity index (χ1v) is 22.1. The van der Waals surface area contributed by atoms with E-state index in [2.05, 4.69) is 85.6 Å². The third-order valence-corrected chi connectivity index (χ3v) is 12.5. The number of hydrogen-bond donors (Lipinski definition) is 3. The predicted octanol–water partition coefficient (Wildman–Crippen LogP) is 6.59. The molecule has 4 aliphatic rings. The van der Waals surface area contributed by atoms with Gasteiger partial charge in [-0.25, -0.2) is 0 Å². The number of carboxylic acids is 1. The fraction of sp³-hybridized carbons (Fsp3) is 0.440. The van der Waals surface area contributed by atoms with Crippen molar-refractivity contribution in [3.63, 3.8) is 0 Å². The second-order valence-corrected chi connectivity index (χ2v) is 16.6. The predicted molar refractivity (Wildman–Crippen MR) is 242 cm³/mol. The second-order valence-electron chi connectivity index (χ2n) is 16.6. The minimum absolute atomic E-state index is 0.112. The van der Waals surface area contributed by atoms with Crippen LogP contribution in [0.25, 0.3) is 0 Å². The number of amides is 1. The first kappa shape index (κ1) is 44.8. The molecule has 4 aliphatic heterocycles. The molecule has 4 aromatic rings. The largest absolute Gasteiger partial charge is 0.481 e. The molecule has 2 fully saturated rings. The summed E-state index contributed by atoms with van der Waals surface area (Å²) in [6, 6.07) is 36.8. The van der Waals surface area contributed by atoms with Gasteiger partial charge in [0.15, 0.2) is 0 Å². The lowest BCUT2D eigenvalue weighted by Crippen LogP contribution is -2.41. The molecular formula is C50H62N8O3. The van der Waals surface area contributed by atoms with Crippen LogP contribution >= 0.6 is 0 Å². The minimum atomic E-state index is -0.690. The summed E-state index contributed by atoms with van der Waals surface area (Å²) in [5.74, 6) is -0.575. The average Bonchev–Trinajstić information content (AvgIpc) is 3.32. The van der Waals surface area contributed by atoms with Gasteiger partial charge in [-0.3, -0.25) is 19.4 Å². The fourth-order valence-corrected chi connectivity index (χ4v) is 8.74. The van der Waals surface area contributed by atoms with Crippen LogP contribution in [0.1, 0.15) is 71.9 Å². The van der Waals surface area contributed by atoms with Crippen molar-refractivity contribution in [1.29, 1.82) is 10.5 Å². The van der Waals surface area contributed by atoms with Gasteiger partial charge in [0.05, 0.1) is 29.2 Å². The van der Waals surface area contributed by atoms with Crippen LogP contribution in [0.3, 0.4) is 0 Å². The normalized spacial score (nSPS) is 16.9. The zero-order chi connectivity index (χ0) is 42.8. The molecule has 11 heteroatoms. The highest BCUT2D eigenvalue weighted by atomic mass is 16.4. The molecule has 61 heavy (non-hydrogen) atoms. The Balaban J connectivity index is 0.000000169. The van der Waals surface area contributed by atoms with Gasteiger partial charge in [-0.05, 0) is 135 Å². The molecule has 1 amide bonds. The molecule has 4 heterocycles. The summed E-state index contributed by atoms with van der Waals surface area (Å²) in [6.07, 6.45) is 7.58. The lowest BCUT2D eigenvalue weighted by Gasteiger charge is -2.33. The highest BCUT2D eigenvalue weighted by Crippen LogP contribution is 2.26. The second kappa shape index (κ2) is 23.3. The topological polar surface area (TPSA) is 153 Å². The number of carboxylic acid groups (broad SMARTS) is 1. The Kier molecular flexibility index (Phi) is 17.1. The Hall–Kier alpha value is -5.72. The van der Waals surface area contributed by atoms with Crippen molar-refractivity contribution >= 4 is 23.3 Å². The van der Waals surface area contributed by atoms with Crippen molar-refractivity contribution in [3.05, 3.63) is 130 Å². The average molecular weight is 823 g/mol. The number of carbonyl (C=O) groups is 2. The molecule has 0 atom stereocenters. The lowest BCUT2D eigenvalue weighted by atomic mass is 9.95. The van der Waals surface area contributed by atoms with Crippen LogP contribution in [0.5, 0.6) is 0 Å². The molecule has 0 aromatic heterocycles. The Morgan fingerprint density at radius 2 is 1.03 bits per heavy atom. The van der Waals surface area contributed by atoms with Gasteiger partial charge >= 0.3 is 5.97 Å². The molecule has 4 aromatic carbocycles. The quantitative estimate of drug-likeness (QED) is 0.141. The number of fused-ring (bicyclic) bond motifs is 2.